The third kappa shape index (κ3) is 2.98. The van der Waals surface area contributed by atoms with Crippen molar-refractivity contribution >= 4 is 5.91 Å². The predicted molar refractivity (Wildman–Crippen MR) is 95.8 cm³/mol. The minimum Gasteiger partial charge on any atom is -0.341 e. The van der Waals surface area contributed by atoms with Gasteiger partial charge in [0.1, 0.15) is 17.2 Å². The van der Waals surface area contributed by atoms with Crippen molar-refractivity contribution in [2.75, 3.05) is 0 Å². The van der Waals surface area contributed by atoms with Gasteiger partial charge in [-0.05, 0) is 37.1 Å². The molecular weight excluding hydrogens is 331 g/mol. The van der Waals surface area contributed by atoms with Gasteiger partial charge in [0.25, 0.3) is 5.91 Å². The van der Waals surface area contributed by atoms with Gasteiger partial charge in [-0.1, -0.05) is 37.1 Å². The van der Waals surface area contributed by atoms with Crippen LogP contribution in [0.15, 0.2) is 54.7 Å². The van der Waals surface area contributed by atoms with Gasteiger partial charge in [0.05, 0.1) is 11.2 Å². The molecule has 0 radical (unpaired) electrons. The fourth-order valence-corrected chi connectivity index (χ4v) is 3.66. The molecule has 2 heterocycles. The fraction of sp³-hybridized carbons (Fsp3) is 0.250. The Morgan fingerprint density at radius 1 is 1.08 bits per heavy atom. The van der Waals surface area contributed by atoms with Crippen LogP contribution in [0.3, 0.4) is 0 Å². The van der Waals surface area contributed by atoms with E-state index in [1.54, 1.807) is 30.5 Å². The first kappa shape index (κ1) is 16.4. The monoisotopic (exact) mass is 350 g/mol. The number of benzene rings is 1. The first-order chi connectivity index (χ1) is 12.7. The molecule has 1 fully saturated rings. The van der Waals surface area contributed by atoms with Crippen molar-refractivity contribution in [3.05, 3.63) is 71.8 Å². The van der Waals surface area contributed by atoms with Gasteiger partial charge >= 0.3 is 0 Å². The summed E-state index contributed by atoms with van der Waals surface area (Å²) in [4.78, 5) is 17.0. The van der Waals surface area contributed by atoms with Crippen LogP contribution in [-0.4, -0.2) is 21.1 Å². The van der Waals surface area contributed by atoms with Crippen LogP contribution in [0.4, 0.5) is 4.39 Å². The second kappa shape index (κ2) is 6.71. The smallest absolute Gasteiger partial charge is 0.270 e. The van der Waals surface area contributed by atoms with Crippen LogP contribution in [0.1, 0.15) is 41.7 Å². The van der Waals surface area contributed by atoms with E-state index in [0.717, 1.165) is 25.7 Å². The van der Waals surface area contributed by atoms with E-state index in [-0.39, 0.29) is 11.7 Å². The van der Waals surface area contributed by atoms with Gasteiger partial charge in [-0.25, -0.2) is 4.39 Å². The summed E-state index contributed by atoms with van der Waals surface area (Å²) in [7, 11) is 0. The van der Waals surface area contributed by atoms with Crippen molar-refractivity contribution in [2.24, 2.45) is 0 Å². The summed E-state index contributed by atoms with van der Waals surface area (Å²) in [5.74, 6) is -0.571. The van der Waals surface area contributed by atoms with Gasteiger partial charge in [-0.15, -0.1) is 0 Å². The Labute approximate surface area is 150 Å². The quantitative estimate of drug-likeness (QED) is 0.752. The SMILES string of the molecule is O=C(NC1(c2ccccc2F)CCCC1)c1cc(-c2ccccn2)n[nH]1. The lowest BCUT2D eigenvalue weighted by atomic mass is 9.87. The Hall–Kier alpha value is -3.02. The van der Waals surface area contributed by atoms with Gasteiger partial charge < -0.3 is 5.32 Å². The lowest BCUT2D eigenvalue weighted by Gasteiger charge is -2.31. The first-order valence-electron chi connectivity index (χ1n) is 8.72. The van der Waals surface area contributed by atoms with Crippen LogP contribution in [0.25, 0.3) is 11.4 Å². The number of hydrogen-bond acceptors (Lipinski definition) is 3. The minimum atomic E-state index is -0.668. The van der Waals surface area contributed by atoms with Crippen LogP contribution in [-0.2, 0) is 5.54 Å². The Morgan fingerprint density at radius 2 is 1.85 bits per heavy atom. The number of pyridine rings is 1. The predicted octanol–water partition coefficient (Wildman–Crippen LogP) is 3.81. The molecule has 5 nitrogen and oxygen atoms in total. The summed E-state index contributed by atoms with van der Waals surface area (Å²) in [5.41, 5.74) is 1.51. The lowest BCUT2D eigenvalue weighted by molar-refractivity contribution is 0.0891. The van der Waals surface area contributed by atoms with Crippen LogP contribution < -0.4 is 5.32 Å². The second-order valence-corrected chi connectivity index (χ2v) is 6.61. The van der Waals surface area contributed by atoms with Crippen molar-refractivity contribution in [3.63, 3.8) is 0 Å². The molecule has 0 unspecified atom stereocenters. The molecule has 3 aromatic rings. The number of nitrogens with one attached hydrogen (secondary N) is 2. The maximum atomic E-state index is 14.4. The molecule has 26 heavy (non-hydrogen) atoms. The highest BCUT2D eigenvalue weighted by Gasteiger charge is 2.39. The number of amides is 1. The summed E-state index contributed by atoms with van der Waals surface area (Å²) in [6.45, 7) is 0. The average Bonchev–Trinajstić information content (AvgIpc) is 3.33. The maximum absolute atomic E-state index is 14.4. The zero-order chi connectivity index (χ0) is 18.0. The second-order valence-electron chi connectivity index (χ2n) is 6.61. The topological polar surface area (TPSA) is 70.7 Å². The Balaban J connectivity index is 1.61. The molecule has 0 saturated heterocycles. The van der Waals surface area contributed by atoms with E-state index in [9.17, 15) is 9.18 Å². The number of carbonyl (C=O) groups is 1. The number of hydrogen-bond donors (Lipinski definition) is 2. The van der Waals surface area contributed by atoms with E-state index >= 15 is 0 Å². The number of H-pyrrole nitrogens is 1. The molecular formula is C20H19FN4O. The third-order valence-electron chi connectivity index (χ3n) is 4.95. The summed E-state index contributed by atoms with van der Waals surface area (Å²) in [5, 5.41) is 10.00. The number of aromatic amines is 1. The molecule has 0 bridgehead atoms. The molecule has 6 heteroatoms. The molecule has 1 aliphatic rings. The molecule has 2 N–H and O–H groups in total. The fourth-order valence-electron chi connectivity index (χ4n) is 3.66. The van der Waals surface area contributed by atoms with Crippen LogP contribution in [0.2, 0.25) is 0 Å². The number of rotatable bonds is 4. The van der Waals surface area contributed by atoms with Crippen LogP contribution in [0.5, 0.6) is 0 Å². The largest absolute Gasteiger partial charge is 0.341 e. The van der Waals surface area contributed by atoms with E-state index in [1.807, 2.05) is 18.2 Å². The van der Waals surface area contributed by atoms with Crippen molar-refractivity contribution < 1.29 is 9.18 Å². The molecule has 0 atom stereocenters. The molecule has 4 rings (SSSR count). The van der Waals surface area contributed by atoms with Crippen molar-refractivity contribution in [1.29, 1.82) is 0 Å². The van der Waals surface area contributed by atoms with Gasteiger partial charge in [0, 0.05) is 11.8 Å². The number of halogens is 1. The average molecular weight is 350 g/mol. The highest BCUT2D eigenvalue weighted by Crippen LogP contribution is 2.40. The standard InChI is InChI=1S/C20H19FN4O/c21-15-8-2-1-7-14(15)20(10-4-5-11-20)23-19(26)18-13-17(24-25-18)16-9-3-6-12-22-16/h1-3,6-9,12-13H,4-5,10-11H2,(H,23,26)(H,24,25). The number of nitrogens with zero attached hydrogens (tertiary/aromatic N) is 2. The zero-order valence-electron chi connectivity index (χ0n) is 14.2. The van der Waals surface area contributed by atoms with Crippen molar-refractivity contribution in [3.8, 4) is 11.4 Å². The molecule has 2 aromatic heterocycles. The Bertz CT molecular complexity index is 916. The number of aromatic nitrogens is 3. The summed E-state index contributed by atoms with van der Waals surface area (Å²) < 4.78 is 14.4. The van der Waals surface area contributed by atoms with Crippen LogP contribution >= 0.6 is 0 Å². The normalized spacial score (nSPS) is 15.7. The lowest BCUT2D eigenvalue weighted by Crippen LogP contribution is -2.44. The minimum absolute atomic E-state index is 0.284. The van der Waals surface area contributed by atoms with Gasteiger partial charge in [0.15, 0.2) is 0 Å². The summed E-state index contributed by atoms with van der Waals surface area (Å²) in [6, 6.07) is 13.9. The van der Waals surface area contributed by atoms with Crippen LogP contribution in [0, 0.1) is 5.82 Å². The first-order valence-corrected chi connectivity index (χ1v) is 8.72. The third-order valence-corrected chi connectivity index (χ3v) is 4.95. The molecule has 0 spiro atoms. The molecule has 1 aromatic carbocycles. The van der Waals surface area contributed by atoms with E-state index in [0.29, 0.717) is 22.6 Å². The van der Waals surface area contributed by atoms with E-state index in [1.165, 1.54) is 6.07 Å². The summed E-state index contributed by atoms with van der Waals surface area (Å²) in [6.07, 6.45) is 5.03. The molecule has 1 aliphatic carbocycles. The van der Waals surface area contributed by atoms with E-state index in [2.05, 4.69) is 20.5 Å². The highest BCUT2D eigenvalue weighted by molar-refractivity contribution is 5.93. The Kier molecular flexibility index (Phi) is 4.24. The Morgan fingerprint density at radius 3 is 2.58 bits per heavy atom. The molecule has 1 saturated carbocycles. The van der Waals surface area contributed by atoms with Crippen molar-refractivity contribution in [2.45, 2.75) is 31.2 Å². The van der Waals surface area contributed by atoms with Gasteiger partial charge in [0.2, 0.25) is 0 Å². The zero-order valence-corrected chi connectivity index (χ0v) is 14.2. The maximum Gasteiger partial charge on any atom is 0.270 e. The van der Waals surface area contributed by atoms with E-state index in [4.69, 9.17) is 0 Å². The van der Waals surface area contributed by atoms with Crippen molar-refractivity contribution in [1.82, 2.24) is 20.5 Å². The molecule has 0 aliphatic heterocycles. The molecule has 132 valence electrons. The number of carbonyl (C=O) groups excluding carboxylic acids is 1. The summed E-state index contributed by atoms with van der Waals surface area (Å²) >= 11 is 0. The van der Waals surface area contributed by atoms with Gasteiger partial charge in [-0.2, -0.15) is 5.10 Å². The van der Waals surface area contributed by atoms with E-state index < -0.39 is 5.54 Å². The highest BCUT2D eigenvalue weighted by atomic mass is 19.1. The molecule has 1 amide bonds. The van der Waals surface area contributed by atoms with Gasteiger partial charge in [-0.3, -0.25) is 14.9 Å².